The van der Waals surface area contributed by atoms with Crippen LogP contribution in [0.5, 0.6) is 0 Å². The molecule has 4 rings (SSSR count). The molecule has 1 atom stereocenters. The van der Waals surface area contributed by atoms with Gasteiger partial charge in [-0.3, -0.25) is 0 Å². The van der Waals surface area contributed by atoms with Crippen molar-refractivity contribution in [2.45, 2.75) is 44.7 Å². The normalized spacial score (nSPS) is 16.8. The SMILES string of the molecule is CCNCC(C1CCCCC1)[PH](c1ccccc1)(c1ccccc1)c1ccccc1. The third kappa shape index (κ3) is 4.25. The van der Waals surface area contributed by atoms with Crippen molar-refractivity contribution in [3.8, 4) is 0 Å². The molecule has 1 aliphatic carbocycles. The molecule has 1 saturated carbocycles. The van der Waals surface area contributed by atoms with E-state index in [9.17, 15) is 0 Å². The van der Waals surface area contributed by atoms with Crippen LogP contribution in [0.3, 0.4) is 0 Å². The minimum absolute atomic E-state index is 0.643. The molecule has 0 heterocycles. The first kappa shape index (κ1) is 21.3. The molecular weight excluding hydrogens is 381 g/mol. The van der Waals surface area contributed by atoms with Crippen LogP contribution in [0.1, 0.15) is 39.0 Å². The quantitative estimate of drug-likeness (QED) is 0.492. The average Bonchev–Trinajstić information content (AvgIpc) is 2.84. The van der Waals surface area contributed by atoms with E-state index in [2.05, 4.69) is 103 Å². The Labute approximate surface area is 183 Å². The van der Waals surface area contributed by atoms with Crippen LogP contribution in [0.4, 0.5) is 0 Å². The first-order chi connectivity index (χ1) is 14.9. The Bertz CT molecular complexity index is 776. The summed E-state index contributed by atoms with van der Waals surface area (Å²) in [5, 5.41) is 8.45. The molecule has 1 N–H and O–H groups in total. The van der Waals surface area contributed by atoms with Gasteiger partial charge < -0.3 is 0 Å². The fourth-order valence-electron chi connectivity index (χ4n) is 5.76. The number of nitrogens with one attached hydrogen (secondary N) is 1. The molecule has 1 aliphatic rings. The van der Waals surface area contributed by atoms with Crippen LogP contribution in [0.15, 0.2) is 91.0 Å². The maximum atomic E-state index is 3.79. The molecule has 158 valence electrons. The Morgan fingerprint density at radius 2 is 1.13 bits per heavy atom. The van der Waals surface area contributed by atoms with Crippen LogP contribution in [0, 0.1) is 5.92 Å². The Morgan fingerprint density at radius 1 is 0.700 bits per heavy atom. The first-order valence-corrected chi connectivity index (χ1v) is 13.8. The standard InChI is InChI=1S/C28H36NP/c1-2-29-23-28(24-15-7-3-8-16-24)30(25-17-9-4-10-18-25,26-19-11-5-12-20-26)27-21-13-6-14-22-27/h4-6,9-14,17-22,24,28-30H,2-3,7-8,15-16,23H2,1H3. The zero-order valence-electron chi connectivity index (χ0n) is 18.3. The van der Waals surface area contributed by atoms with Gasteiger partial charge in [0.25, 0.3) is 0 Å². The molecular formula is C28H36NP. The Balaban J connectivity index is 1.99. The summed E-state index contributed by atoms with van der Waals surface area (Å²) in [5.74, 6) is 0.782. The van der Waals surface area contributed by atoms with Crippen LogP contribution < -0.4 is 21.2 Å². The van der Waals surface area contributed by atoms with E-state index < -0.39 is 7.26 Å². The summed E-state index contributed by atoms with van der Waals surface area (Å²) in [6, 6.07) is 34.4. The zero-order chi connectivity index (χ0) is 20.7. The maximum absolute atomic E-state index is 3.79. The predicted octanol–water partition coefficient (Wildman–Crippen LogP) is 5.27. The third-order valence-corrected chi connectivity index (χ3v) is 12.6. The van der Waals surface area contributed by atoms with Gasteiger partial charge >= 0.3 is 183 Å². The zero-order valence-corrected chi connectivity index (χ0v) is 19.3. The van der Waals surface area contributed by atoms with Gasteiger partial charge in [-0.15, -0.1) is 0 Å². The van der Waals surface area contributed by atoms with Gasteiger partial charge in [-0.2, -0.15) is 0 Å². The molecule has 1 nitrogen and oxygen atoms in total. The van der Waals surface area contributed by atoms with Crippen molar-refractivity contribution < 1.29 is 0 Å². The molecule has 2 heteroatoms. The number of hydrogen-bond acceptors (Lipinski definition) is 1. The molecule has 0 bridgehead atoms. The molecule has 3 aromatic rings. The van der Waals surface area contributed by atoms with Gasteiger partial charge in [0.2, 0.25) is 0 Å². The molecule has 1 fully saturated rings. The van der Waals surface area contributed by atoms with Gasteiger partial charge in [-0.1, -0.05) is 0 Å². The van der Waals surface area contributed by atoms with Crippen molar-refractivity contribution in [2.24, 2.45) is 5.92 Å². The Hall–Kier alpha value is -1.95. The van der Waals surface area contributed by atoms with E-state index in [1.165, 1.54) is 32.1 Å². The summed E-state index contributed by atoms with van der Waals surface area (Å²) < 4.78 is 0. The minimum atomic E-state index is -2.24. The molecule has 3 aromatic carbocycles. The van der Waals surface area contributed by atoms with Crippen molar-refractivity contribution in [1.82, 2.24) is 5.32 Å². The Morgan fingerprint density at radius 3 is 1.53 bits per heavy atom. The van der Waals surface area contributed by atoms with E-state index in [-0.39, 0.29) is 0 Å². The molecule has 0 radical (unpaired) electrons. The number of benzene rings is 3. The van der Waals surface area contributed by atoms with Crippen molar-refractivity contribution >= 4 is 23.2 Å². The van der Waals surface area contributed by atoms with E-state index in [1.54, 1.807) is 15.9 Å². The van der Waals surface area contributed by atoms with Crippen LogP contribution >= 0.6 is 7.26 Å². The number of rotatable bonds is 8. The summed E-state index contributed by atoms with van der Waals surface area (Å²) in [6.07, 6.45) is 6.92. The van der Waals surface area contributed by atoms with Gasteiger partial charge in [0.1, 0.15) is 0 Å². The molecule has 0 aromatic heterocycles. The molecule has 0 aliphatic heterocycles. The third-order valence-electron chi connectivity index (χ3n) is 7.08. The van der Waals surface area contributed by atoms with Crippen molar-refractivity contribution in [2.75, 3.05) is 13.1 Å². The summed E-state index contributed by atoms with van der Waals surface area (Å²) in [4.78, 5) is 0. The van der Waals surface area contributed by atoms with Crippen molar-refractivity contribution in [3.63, 3.8) is 0 Å². The predicted molar refractivity (Wildman–Crippen MR) is 135 cm³/mol. The average molecular weight is 418 g/mol. The van der Waals surface area contributed by atoms with E-state index in [0.29, 0.717) is 5.66 Å². The molecule has 0 amide bonds. The van der Waals surface area contributed by atoms with Gasteiger partial charge in [0.05, 0.1) is 0 Å². The topological polar surface area (TPSA) is 12.0 Å². The van der Waals surface area contributed by atoms with E-state index >= 15 is 0 Å². The molecule has 1 unspecified atom stereocenters. The second-order valence-electron chi connectivity index (χ2n) is 8.72. The monoisotopic (exact) mass is 417 g/mol. The van der Waals surface area contributed by atoms with Gasteiger partial charge in [0.15, 0.2) is 0 Å². The van der Waals surface area contributed by atoms with E-state index in [1.807, 2.05) is 0 Å². The van der Waals surface area contributed by atoms with E-state index in [4.69, 9.17) is 0 Å². The first-order valence-electron chi connectivity index (χ1n) is 11.7. The van der Waals surface area contributed by atoms with Crippen molar-refractivity contribution in [1.29, 1.82) is 0 Å². The second-order valence-corrected chi connectivity index (χ2v) is 12.8. The summed E-state index contributed by atoms with van der Waals surface area (Å²) in [7, 11) is -2.24. The van der Waals surface area contributed by atoms with E-state index in [0.717, 1.165) is 19.0 Å². The van der Waals surface area contributed by atoms with Gasteiger partial charge in [-0.25, -0.2) is 0 Å². The van der Waals surface area contributed by atoms with Crippen LogP contribution in [-0.4, -0.2) is 18.7 Å². The van der Waals surface area contributed by atoms with Gasteiger partial charge in [-0.05, 0) is 0 Å². The Kier molecular flexibility index (Phi) is 7.37. The van der Waals surface area contributed by atoms with Gasteiger partial charge in [0, 0.05) is 0 Å². The molecule has 0 saturated heterocycles. The second kappa shape index (κ2) is 10.4. The number of hydrogen-bond donors (Lipinski definition) is 1. The summed E-state index contributed by atoms with van der Waals surface area (Å²) in [5.41, 5.74) is 0.643. The van der Waals surface area contributed by atoms with Crippen LogP contribution in [0.25, 0.3) is 0 Å². The van der Waals surface area contributed by atoms with Crippen molar-refractivity contribution in [3.05, 3.63) is 91.0 Å². The van der Waals surface area contributed by atoms with Crippen LogP contribution in [0.2, 0.25) is 0 Å². The fraction of sp³-hybridized carbons (Fsp3) is 0.357. The summed E-state index contributed by atoms with van der Waals surface area (Å²) in [6.45, 7) is 4.38. The summed E-state index contributed by atoms with van der Waals surface area (Å²) >= 11 is 0. The molecule has 0 spiro atoms. The molecule has 30 heavy (non-hydrogen) atoms. The fourth-order valence-corrected chi connectivity index (χ4v) is 11.7. The van der Waals surface area contributed by atoms with Crippen LogP contribution in [-0.2, 0) is 0 Å².